The lowest BCUT2D eigenvalue weighted by Gasteiger charge is -2.21. The Balaban J connectivity index is 1.82. The smallest absolute Gasteiger partial charge is 0.257 e. The molecule has 1 amide bonds. The minimum Gasteiger partial charge on any atom is -0.335 e. The van der Waals surface area contributed by atoms with Crippen molar-refractivity contribution in [2.24, 2.45) is 0 Å². The molecule has 1 saturated heterocycles. The number of hydrogen-bond donors (Lipinski definition) is 1. The van der Waals surface area contributed by atoms with Crippen molar-refractivity contribution < 1.29 is 4.79 Å². The van der Waals surface area contributed by atoms with Gasteiger partial charge >= 0.3 is 0 Å². The van der Waals surface area contributed by atoms with E-state index in [0.717, 1.165) is 18.7 Å². The summed E-state index contributed by atoms with van der Waals surface area (Å²) in [5.74, 6) is 0.516. The van der Waals surface area contributed by atoms with E-state index in [4.69, 9.17) is 0 Å². The molecule has 0 radical (unpaired) electrons. The third kappa shape index (κ3) is 2.46. The average molecular weight is 283 g/mol. The minimum atomic E-state index is 0.0878. The summed E-state index contributed by atoms with van der Waals surface area (Å²) in [7, 11) is 0. The van der Waals surface area contributed by atoms with E-state index in [1.54, 1.807) is 6.20 Å². The van der Waals surface area contributed by atoms with Gasteiger partial charge in [-0.15, -0.1) is 0 Å². The highest BCUT2D eigenvalue weighted by Crippen LogP contribution is 2.34. The standard InChI is InChI=1S/C17H21N3O/c1-11-6-4-5-7-15(11)14-8-12(2)20(10-14)17(21)16-9-18-19-13(16)3/h4-7,9,12,14H,8,10H2,1-3H3,(H,18,19)/t12-,14+/m1/s1. The number of amides is 1. The number of aromatic nitrogens is 2. The lowest BCUT2D eigenvalue weighted by atomic mass is 9.93. The molecule has 4 heteroatoms. The first-order valence-corrected chi connectivity index (χ1v) is 7.44. The summed E-state index contributed by atoms with van der Waals surface area (Å²) in [4.78, 5) is 14.6. The third-order valence-corrected chi connectivity index (χ3v) is 4.52. The highest BCUT2D eigenvalue weighted by atomic mass is 16.2. The molecule has 21 heavy (non-hydrogen) atoms. The van der Waals surface area contributed by atoms with Crippen LogP contribution in [0, 0.1) is 13.8 Å². The predicted molar refractivity (Wildman–Crippen MR) is 82.4 cm³/mol. The Labute approximate surface area is 125 Å². The second kappa shape index (κ2) is 5.35. The number of H-pyrrole nitrogens is 1. The van der Waals surface area contributed by atoms with E-state index in [-0.39, 0.29) is 11.9 Å². The highest BCUT2D eigenvalue weighted by Gasteiger charge is 2.34. The van der Waals surface area contributed by atoms with Crippen LogP contribution in [-0.4, -0.2) is 33.6 Å². The van der Waals surface area contributed by atoms with E-state index < -0.39 is 0 Å². The molecule has 3 rings (SSSR count). The lowest BCUT2D eigenvalue weighted by molar-refractivity contribution is 0.0745. The Bertz CT molecular complexity index is 662. The predicted octanol–water partition coefficient (Wildman–Crippen LogP) is 3.04. The first-order valence-electron chi connectivity index (χ1n) is 7.44. The molecule has 1 aliphatic rings. The van der Waals surface area contributed by atoms with Crippen molar-refractivity contribution in [3.63, 3.8) is 0 Å². The molecule has 0 saturated carbocycles. The van der Waals surface area contributed by atoms with Crippen molar-refractivity contribution in [2.75, 3.05) is 6.54 Å². The summed E-state index contributed by atoms with van der Waals surface area (Å²) >= 11 is 0. The molecule has 1 aromatic carbocycles. The van der Waals surface area contributed by atoms with Crippen molar-refractivity contribution in [3.8, 4) is 0 Å². The Kier molecular flexibility index (Phi) is 3.53. The van der Waals surface area contributed by atoms with Gasteiger partial charge in [0, 0.05) is 24.2 Å². The number of likely N-dealkylation sites (tertiary alicyclic amines) is 1. The molecule has 0 bridgehead atoms. The van der Waals surface area contributed by atoms with Crippen LogP contribution in [0.15, 0.2) is 30.5 Å². The van der Waals surface area contributed by atoms with Gasteiger partial charge in [-0.3, -0.25) is 9.89 Å². The first kappa shape index (κ1) is 13.9. The van der Waals surface area contributed by atoms with Gasteiger partial charge in [0.2, 0.25) is 0 Å². The number of aromatic amines is 1. The number of hydrogen-bond acceptors (Lipinski definition) is 2. The molecular weight excluding hydrogens is 262 g/mol. The molecule has 0 unspecified atom stereocenters. The SMILES string of the molecule is Cc1ccccc1[C@H]1C[C@@H](C)N(C(=O)c2cn[nH]c2C)C1. The fraction of sp³-hybridized carbons (Fsp3) is 0.412. The van der Waals surface area contributed by atoms with Crippen molar-refractivity contribution in [2.45, 2.75) is 39.2 Å². The molecule has 1 aliphatic heterocycles. The van der Waals surface area contributed by atoms with Gasteiger partial charge in [-0.05, 0) is 38.3 Å². The van der Waals surface area contributed by atoms with Crippen LogP contribution in [0.5, 0.6) is 0 Å². The molecule has 110 valence electrons. The summed E-state index contributed by atoms with van der Waals surface area (Å²) in [5.41, 5.74) is 4.20. The van der Waals surface area contributed by atoms with Crippen LogP contribution in [-0.2, 0) is 0 Å². The van der Waals surface area contributed by atoms with Crippen LogP contribution in [0.3, 0.4) is 0 Å². The van der Waals surface area contributed by atoms with Crippen LogP contribution >= 0.6 is 0 Å². The second-order valence-corrected chi connectivity index (χ2v) is 6.00. The first-order chi connectivity index (χ1) is 10.1. The molecule has 1 fully saturated rings. The van der Waals surface area contributed by atoms with Gasteiger partial charge in [0.15, 0.2) is 0 Å². The zero-order valence-corrected chi connectivity index (χ0v) is 12.8. The molecule has 1 aromatic heterocycles. The van der Waals surface area contributed by atoms with Gasteiger partial charge in [-0.1, -0.05) is 24.3 Å². The Morgan fingerprint density at radius 3 is 2.76 bits per heavy atom. The summed E-state index contributed by atoms with van der Waals surface area (Å²) in [6.45, 7) is 6.95. The van der Waals surface area contributed by atoms with Crippen LogP contribution in [0.2, 0.25) is 0 Å². The van der Waals surface area contributed by atoms with Gasteiger partial charge < -0.3 is 4.90 Å². The molecule has 2 heterocycles. The number of carbonyl (C=O) groups excluding carboxylic acids is 1. The van der Waals surface area contributed by atoms with Crippen LogP contribution < -0.4 is 0 Å². The number of aryl methyl sites for hydroxylation is 2. The van der Waals surface area contributed by atoms with Gasteiger partial charge in [-0.2, -0.15) is 5.10 Å². The largest absolute Gasteiger partial charge is 0.335 e. The second-order valence-electron chi connectivity index (χ2n) is 6.00. The maximum Gasteiger partial charge on any atom is 0.257 e. The molecule has 1 N–H and O–H groups in total. The monoisotopic (exact) mass is 283 g/mol. The topological polar surface area (TPSA) is 49.0 Å². The molecule has 0 aliphatic carbocycles. The summed E-state index contributed by atoms with van der Waals surface area (Å²) in [5, 5.41) is 6.80. The summed E-state index contributed by atoms with van der Waals surface area (Å²) < 4.78 is 0. The van der Waals surface area contributed by atoms with E-state index in [9.17, 15) is 4.79 Å². The van der Waals surface area contributed by atoms with E-state index in [0.29, 0.717) is 11.5 Å². The van der Waals surface area contributed by atoms with Crippen molar-refractivity contribution in [1.29, 1.82) is 0 Å². The van der Waals surface area contributed by atoms with Crippen molar-refractivity contribution in [1.82, 2.24) is 15.1 Å². The van der Waals surface area contributed by atoms with Crippen LogP contribution in [0.25, 0.3) is 0 Å². The molecule has 2 aromatic rings. The number of nitrogens with one attached hydrogen (secondary N) is 1. The molecular formula is C17H21N3O. The third-order valence-electron chi connectivity index (χ3n) is 4.52. The number of carbonyl (C=O) groups is 1. The van der Waals surface area contributed by atoms with Crippen LogP contribution in [0.1, 0.15) is 46.4 Å². The Morgan fingerprint density at radius 2 is 2.10 bits per heavy atom. The zero-order chi connectivity index (χ0) is 15.0. The van der Waals surface area contributed by atoms with E-state index in [1.165, 1.54) is 11.1 Å². The number of benzene rings is 1. The zero-order valence-electron chi connectivity index (χ0n) is 12.8. The fourth-order valence-corrected chi connectivity index (χ4v) is 3.31. The summed E-state index contributed by atoms with van der Waals surface area (Å²) in [6.07, 6.45) is 2.65. The highest BCUT2D eigenvalue weighted by molar-refractivity contribution is 5.95. The number of rotatable bonds is 2. The van der Waals surface area contributed by atoms with Gasteiger partial charge in [0.05, 0.1) is 11.8 Å². The normalized spacial score (nSPS) is 21.8. The van der Waals surface area contributed by atoms with Crippen molar-refractivity contribution >= 4 is 5.91 Å². The average Bonchev–Trinajstić information content (AvgIpc) is 3.05. The number of nitrogens with zero attached hydrogens (tertiary/aromatic N) is 2. The Morgan fingerprint density at radius 1 is 1.33 bits per heavy atom. The van der Waals surface area contributed by atoms with E-state index >= 15 is 0 Å². The fourth-order valence-electron chi connectivity index (χ4n) is 3.31. The van der Waals surface area contributed by atoms with E-state index in [1.807, 2.05) is 11.8 Å². The molecule has 2 atom stereocenters. The summed E-state index contributed by atoms with van der Waals surface area (Å²) in [6, 6.07) is 8.73. The molecule has 4 nitrogen and oxygen atoms in total. The van der Waals surface area contributed by atoms with Gasteiger partial charge in [-0.25, -0.2) is 0 Å². The van der Waals surface area contributed by atoms with Gasteiger partial charge in [0.1, 0.15) is 0 Å². The molecule has 0 spiro atoms. The Hall–Kier alpha value is -2.10. The minimum absolute atomic E-state index is 0.0878. The van der Waals surface area contributed by atoms with Gasteiger partial charge in [0.25, 0.3) is 5.91 Å². The maximum atomic E-state index is 12.7. The quantitative estimate of drug-likeness (QED) is 0.921. The van der Waals surface area contributed by atoms with Crippen molar-refractivity contribution in [3.05, 3.63) is 52.8 Å². The lowest BCUT2D eigenvalue weighted by Crippen LogP contribution is -2.34. The van der Waals surface area contributed by atoms with Crippen LogP contribution in [0.4, 0.5) is 0 Å². The van der Waals surface area contributed by atoms with E-state index in [2.05, 4.69) is 48.3 Å². The maximum absolute atomic E-state index is 12.7.